The van der Waals surface area contributed by atoms with Crippen molar-refractivity contribution in [1.29, 1.82) is 0 Å². The fourth-order valence-corrected chi connectivity index (χ4v) is 7.94. The van der Waals surface area contributed by atoms with Crippen molar-refractivity contribution in [2.45, 2.75) is 297 Å². The molecule has 0 saturated heterocycles. The van der Waals surface area contributed by atoms with E-state index in [-0.39, 0.29) is 31.1 Å². The van der Waals surface area contributed by atoms with E-state index < -0.39 is 6.10 Å². The number of carbonyl (C=O) groups is 3. The Labute approximate surface area is 391 Å². The maximum Gasteiger partial charge on any atom is 0.306 e. The molecule has 0 aliphatic heterocycles. The van der Waals surface area contributed by atoms with Crippen molar-refractivity contribution < 1.29 is 28.6 Å². The van der Waals surface area contributed by atoms with Gasteiger partial charge in [-0.15, -0.1) is 0 Å². The minimum atomic E-state index is -0.776. The average molecular weight is 885 g/mol. The molecule has 0 radical (unpaired) electrons. The lowest BCUT2D eigenvalue weighted by atomic mass is 10.0. The van der Waals surface area contributed by atoms with E-state index in [1.807, 2.05) is 0 Å². The van der Waals surface area contributed by atoms with Gasteiger partial charge in [-0.05, 0) is 77.0 Å². The number of rotatable bonds is 50. The molecule has 0 aromatic heterocycles. The highest BCUT2D eigenvalue weighted by molar-refractivity contribution is 5.71. The monoisotopic (exact) mass is 885 g/mol. The normalized spacial score (nSPS) is 12.2. The Kier molecular flexibility index (Phi) is 50.3. The van der Waals surface area contributed by atoms with E-state index in [0.29, 0.717) is 19.3 Å². The third-order valence-electron chi connectivity index (χ3n) is 12.1. The molecule has 0 amide bonds. The van der Waals surface area contributed by atoms with Crippen molar-refractivity contribution in [3.63, 3.8) is 0 Å². The standard InChI is InChI=1S/C57H104O6/c1-4-7-10-13-16-19-22-25-27-28-30-32-35-38-41-44-47-50-56(59)62-53-54(52-61-55(58)49-46-43-40-37-34-31-24-21-18-15-12-9-6-3)63-57(60)51-48-45-42-39-36-33-29-26-23-20-17-14-11-8-5-2/h16,19,25-27,29,54H,4-15,17-18,20-24,28,30-53H2,1-3H3/b19-16-,27-25-,29-26-/t54-/m1/s1. The molecule has 0 fully saturated rings. The molecule has 63 heavy (non-hydrogen) atoms. The summed E-state index contributed by atoms with van der Waals surface area (Å²) in [5, 5.41) is 0. The summed E-state index contributed by atoms with van der Waals surface area (Å²) in [6, 6.07) is 0. The van der Waals surface area contributed by atoms with Crippen LogP contribution in [0.3, 0.4) is 0 Å². The zero-order chi connectivity index (χ0) is 45.8. The van der Waals surface area contributed by atoms with Crippen molar-refractivity contribution in [1.82, 2.24) is 0 Å². The van der Waals surface area contributed by atoms with E-state index in [4.69, 9.17) is 14.2 Å². The van der Waals surface area contributed by atoms with Gasteiger partial charge in [0.15, 0.2) is 6.10 Å². The van der Waals surface area contributed by atoms with Gasteiger partial charge in [0.25, 0.3) is 0 Å². The number of ether oxygens (including phenoxy) is 3. The molecule has 0 aromatic carbocycles. The number of carbonyl (C=O) groups excluding carboxylic acids is 3. The zero-order valence-electron chi connectivity index (χ0n) is 42.1. The fourth-order valence-electron chi connectivity index (χ4n) is 7.94. The molecular weight excluding hydrogens is 781 g/mol. The summed E-state index contributed by atoms with van der Waals surface area (Å²) in [7, 11) is 0. The van der Waals surface area contributed by atoms with Crippen molar-refractivity contribution >= 4 is 17.9 Å². The Bertz CT molecular complexity index is 1060. The molecule has 6 heteroatoms. The van der Waals surface area contributed by atoms with Crippen LogP contribution in [0, 0.1) is 0 Å². The van der Waals surface area contributed by atoms with Crippen LogP contribution in [0.15, 0.2) is 36.5 Å². The first kappa shape index (κ1) is 60.6. The van der Waals surface area contributed by atoms with Crippen LogP contribution in [-0.2, 0) is 28.6 Å². The highest BCUT2D eigenvalue weighted by atomic mass is 16.6. The summed E-state index contributed by atoms with van der Waals surface area (Å²) in [6.45, 7) is 6.62. The van der Waals surface area contributed by atoms with Crippen LogP contribution >= 0.6 is 0 Å². The van der Waals surface area contributed by atoms with Crippen LogP contribution in [-0.4, -0.2) is 37.2 Å². The summed E-state index contributed by atoms with van der Waals surface area (Å²) in [5.74, 6) is -0.878. The summed E-state index contributed by atoms with van der Waals surface area (Å²) in [5.41, 5.74) is 0. The molecule has 0 N–H and O–H groups in total. The summed E-state index contributed by atoms with van der Waals surface area (Å²) in [6.07, 6.45) is 61.2. The molecule has 6 nitrogen and oxygen atoms in total. The zero-order valence-corrected chi connectivity index (χ0v) is 42.1. The van der Waals surface area contributed by atoms with Crippen molar-refractivity contribution in [3.8, 4) is 0 Å². The number of unbranched alkanes of at least 4 members (excludes halogenated alkanes) is 33. The van der Waals surface area contributed by atoms with Crippen LogP contribution in [0.25, 0.3) is 0 Å². The van der Waals surface area contributed by atoms with Gasteiger partial charge in [0.1, 0.15) is 13.2 Å². The number of allylic oxidation sites excluding steroid dienone is 6. The molecule has 0 saturated carbocycles. The van der Waals surface area contributed by atoms with Crippen molar-refractivity contribution in [2.75, 3.05) is 13.2 Å². The first-order valence-electron chi connectivity index (χ1n) is 27.5. The predicted octanol–water partition coefficient (Wildman–Crippen LogP) is 18.1. The van der Waals surface area contributed by atoms with Crippen LogP contribution in [0.4, 0.5) is 0 Å². The second kappa shape index (κ2) is 52.3. The smallest absolute Gasteiger partial charge is 0.306 e. The summed E-state index contributed by atoms with van der Waals surface area (Å²) >= 11 is 0. The van der Waals surface area contributed by atoms with Gasteiger partial charge in [0.2, 0.25) is 0 Å². The van der Waals surface area contributed by atoms with Crippen LogP contribution in [0.1, 0.15) is 290 Å². The molecule has 0 heterocycles. The lowest BCUT2D eigenvalue weighted by Gasteiger charge is -2.18. The highest BCUT2D eigenvalue weighted by Gasteiger charge is 2.19. The van der Waals surface area contributed by atoms with Crippen LogP contribution in [0.2, 0.25) is 0 Å². The second-order valence-corrected chi connectivity index (χ2v) is 18.5. The number of hydrogen-bond acceptors (Lipinski definition) is 6. The molecule has 0 aromatic rings. The van der Waals surface area contributed by atoms with Gasteiger partial charge in [-0.3, -0.25) is 14.4 Å². The SMILES string of the molecule is CCCCC/C=C\C/C=C\CCCCCCCCCC(=O)OC[C@@H](COC(=O)CCCCCCCCCCCCCCC)OC(=O)CCCCCCC/C=C\CCCCCCCC. The molecule has 0 bridgehead atoms. The molecule has 0 aliphatic rings. The lowest BCUT2D eigenvalue weighted by Crippen LogP contribution is -2.30. The van der Waals surface area contributed by atoms with Gasteiger partial charge >= 0.3 is 17.9 Å². The van der Waals surface area contributed by atoms with Crippen molar-refractivity contribution in [3.05, 3.63) is 36.5 Å². The van der Waals surface area contributed by atoms with E-state index in [9.17, 15) is 14.4 Å². The molecule has 368 valence electrons. The number of esters is 3. The maximum atomic E-state index is 12.8. The summed E-state index contributed by atoms with van der Waals surface area (Å²) < 4.78 is 16.8. The Morgan fingerprint density at radius 2 is 0.571 bits per heavy atom. The second-order valence-electron chi connectivity index (χ2n) is 18.5. The molecule has 0 rings (SSSR count). The van der Waals surface area contributed by atoms with Crippen LogP contribution < -0.4 is 0 Å². The van der Waals surface area contributed by atoms with Gasteiger partial charge in [-0.1, -0.05) is 231 Å². The van der Waals surface area contributed by atoms with Crippen LogP contribution in [0.5, 0.6) is 0 Å². The van der Waals surface area contributed by atoms with Crippen molar-refractivity contribution in [2.24, 2.45) is 0 Å². The minimum absolute atomic E-state index is 0.0748. The largest absolute Gasteiger partial charge is 0.462 e. The predicted molar refractivity (Wildman–Crippen MR) is 270 cm³/mol. The Morgan fingerprint density at radius 3 is 0.921 bits per heavy atom. The van der Waals surface area contributed by atoms with Gasteiger partial charge < -0.3 is 14.2 Å². The first-order chi connectivity index (χ1) is 31.0. The average Bonchev–Trinajstić information content (AvgIpc) is 3.28. The van der Waals surface area contributed by atoms with E-state index in [2.05, 4.69) is 57.2 Å². The van der Waals surface area contributed by atoms with E-state index >= 15 is 0 Å². The maximum absolute atomic E-state index is 12.8. The highest BCUT2D eigenvalue weighted by Crippen LogP contribution is 2.16. The van der Waals surface area contributed by atoms with Gasteiger partial charge in [-0.25, -0.2) is 0 Å². The Balaban J connectivity index is 4.37. The van der Waals surface area contributed by atoms with Gasteiger partial charge in [-0.2, -0.15) is 0 Å². The Morgan fingerprint density at radius 1 is 0.317 bits per heavy atom. The number of hydrogen-bond donors (Lipinski definition) is 0. The van der Waals surface area contributed by atoms with E-state index in [1.165, 1.54) is 173 Å². The quantitative estimate of drug-likeness (QED) is 0.0262. The summed E-state index contributed by atoms with van der Waals surface area (Å²) in [4.78, 5) is 38.0. The third kappa shape index (κ3) is 50.5. The van der Waals surface area contributed by atoms with Gasteiger partial charge in [0, 0.05) is 19.3 Å². The van der Waals surface area contributed by atoms with Gasteiger partial charge in [0.05, 0.1) is 0 Å². The molecule has 0 spiro atoms. The van der Waals surface area contributed by atoms with E-state index in [1.54, 1.807) is 0 Å². The fraction of sp³-hybridized carbons (Fsp3) is 0.842. The minimum Gasteiger partial charge on any atom is -0.462 e. The lowest BCUT2D eigenvalue weighted by molar-refractivity contribution is -0.167. The molecule has 0 aliphatic carbocycles. The first-order valence-corrected chi connectivity index (χ1v) is 27.5. The molecule has 1 atom stereocenters. The topological polar surface area (TPSA) is 78.9 Å². The third-order valence-corrected chi connectivity index (χ3v) is 12.1. The Hall–Kier alpha value is -2.37. The molecular formula is C57H104O6. The van der Waals surface area contributed by atoms with E-state index in [0.717, 1.165) is 77.0 Å². The molecule has 0 unspecified atom stereocenters.